The van der Waals surface area contributed by atoms with Crippen molar-refractivity contribution in [2.45, 2.75) is 91.6 Å². The van der Waals surface area contributed by atoms with Gasteiger partial charge in [-0.3, -0.25) is 4.79 Å². The normalized spacial score (nSPS) is 35.9. The number of fused-ring (bicyclic) bond motifs is 1. The highest BCUT2D eigenvalue weighted by Gasteiger charge is 2.69. The highest BCUT2D eigenvalue weighted by Crippen LogP contribution is 2.68. The van der Waals surface area contributed by atoms with Gasteiger partial charge in [0.15, 0.2) is 18.3 Å². The molecule has 0 aromatic heterocycles. The van der Waals surface area contributed by atoms with Gasteiger partial charge in [0.1, 0.15) is 0 Å². The van der Waals surface area contributed by atoms with E-state index in [9.17, 15) is 14.4 Å². The average molecular weight is 396 g/mol. The first-order chi connectivity index (χ1) is 12.9. The van der Waals surface area contributed by atoms with Crippen molar-refractivity contribution in [3.8, 4) is 0 Å². The molecule has 0 N–H and O–H groups in total. The Hall–Kier alpha value is -1.63. The van der Waals surface area contributed by atoms with E-state index in [4.69, 9.17) is 18.9 Å². The van der Waals surface area contributed by atoms with E-state index >= 15 is 0 Å². The van der Waals surface area contributed by atoms with Crippen LogP contribution in [0.2, 0.25) is 0 Å². The summed E-state index contributed by atoms with van der Waals surface area (Å²) in [5.74, 6) is -1.67. The van der Waals surface area contributed by atoms with Gasteiger partial charge in [0.25, 0.3) is 0 Å². The van der Waals surface area contributed by atoms with E-state index in [0.717, 1.165) is 12.8 Å². The fraction of sp³-hybridized carbons (Fsp3) is 0.857. The quantitative estimate of drug-likeness (QED) is 0.371. The molecule has 0 aromatic carbocycles. The van der Waals surface area contributed by atoms with Crippen LogP contribution in [0.5, 0.6) is 0 Å². The van der Waals surface area contributed by atoms with Gasteiger partial charge in [-0.05, 0) is 30.1 Å². The summed E-state index contributed by atoms with van der Waals surface area (Å²) in [6, 6.07) is 0. The predicted octanol–water partition coefficient (Wildman–Crippen LogP) is 2.79. The number of hydrogen-bond acceptors (Lipinski definition) is 7. The summed E-state index contributed by atoms with van der Waals surface area (Å²) in [4.78, 5) is 37.6. The lowest BCUT2D eigenvalue weighted by Gasteiger charge is -2.28. The lowest BCUT2D eigenvalue weighted by molar-refractivity contribution is -0.175. The zero-order valence-corrected chi connectivity index (χ0v) is 17.7. The van der Waals surface area contributed by atoms with Gasteiger partial charge in [0.2, 0.25) is 6.10 Å². The van der Waals surface area contributed by atoms with Gasteiger partial charge in [0, 0.05) is 6.61 Å². The Morgan fingerprint density at radius 3 is 2.14 bits per heavy atom. The zero-order chi connectivity index (χ0) is 20.9. The van der Waals surface area contributed by atoms with Gasteiger partial charge in [-0.1, -0.05) is 48.0 Å². The summed E-state index contributed by atoms with van der Waals surface area (Å²) >= 11 is 0. The first kappa shape index (κ1) is 21.1. The smallest absolute Gasteiger partial charge is 0.352 e. The van der Waals surface area contributed by atoms with Crippen LogP contribution in [-0.4, -0.2) is 48.9 Å². The third-order valence-corrected chi connectivity index (χ3v) is 6.06. The van der Waals surface area contributed by atoms with Gasteiger partial charge in [-0.25, -0.2) is 9.59 Å². The molecule has 3 rings (SSSR count). The number of carbonyl (C=O) groups excluding carboxylic acids is 3. The highest BCUT2D eigenvalue weighted by molar-refractivity contribution is 5.89. The number of unbranched alkanes of at least 4 members (excludes halogenated alkanes) is 1. The maximum Gasteiger partial charge on any atom is 0.352 e. The van der Waals surface area contributed by atoms with Gasteiger partial charge < -0.3 is 18.9 Å². The van der Waals surface area contributed by atoms with Crippen molar-refractivity contribution >= 4 is 17.9 Å². The van der Waals surface area contributed by atoms with Crippen LogP contribution in [0.15, 0.2) is 0 Å². The predicted molar refractivity (Wildman–Crippen MR) is 99.2 cm³/mol. The van der Waals surface area contributed by atoms with E-state index in [2.05, 4.69) is 20.8 Å². The molecule has 158 valence electrons. The molecule has 0 radical (unpaired) electrons. The van der Waals surface area contributed by atoms with Gasteiger partial charge in [0.05, 0.1) is 5.41 Å². The molecule has 3 fully saturated rings. The molecule has 7 heteroatoms. The Balaban J connectivity index is 1.70. The van der Waals surface area contributed by atoms with E-state index in [0.29, 0.717) is 19.4 Å². The molecule has 0 spiro atoms. The van der Waals surface area contributed by atoms with Crippen molar-refractivity contribution in [2.24, 2.45) is 16.2 Å². The van der Waals surface area contributed by atoms with Crippen LogP contribution in [0.3, 0.4) is 0 Å². The first-order valence-electron chi connectivity index (χ1n) is 10.2. The Morgan fingerprint density at radius 2 is 1.64 bits per heavy atom. The molecule has 0 aromatic rings. The minimum atomic E-state index is -1.23. The average Bonchev–Trinajstić information content (AvgIpc) is 2.80. The molecular weight excluding hydrogens is 364 g/mol. The van der Waals surface area contributed by atoms with E-state index in [1.54, 1.807) is 0 Å². The Labute approximate surface area is 166 Å². The fourth-order valence-electron chi connectivity index (χ4n) is 4.47. The lowest BCUT2D eigenvalue weighted by atomic mass is 9.79. The van der Waals surface area contributed by atoms with Crippen LogP contribution in [0.1, 0.15) is 67.2 Å². The van der Waals surface area contributed by atoms with Crippen LogP contribution in [0, 0.1) is 16.2 Å². The lowest BCUT2D eigenvalue weighted by Crippen LogP contribution is -2.39. The summed E-state index contributed by atoms with van der Waals surface area (Å²) in [5, 5.41) is 0. The standard InChI is InChI=1S/C21H32O7/c1-7-8-9-25-14-12-13(27-16(14)22)15(17(23)26-12)28-18(24)21(10-19(2,3)4)11-20(21,5)6/h12-15H,7-11H2,1-6H3. The molecule has 0 amide bonds. The third-order valence-electron chi connectivity index (χ3n) is 6.06. The Kier molecular flexibility index (Phi) is 5.28. The van der Waals surface area contributed by atoms with Crippen molar-refractivity contribution < 1.29 is 33.3 Å². The molecule has 2 aliphatic heterocycles. The summed E-state index contributed by atoms with van der Waals surface area (Å²) in [6.07, 6.45) is -0.915. The second-order valence-electron chi connectivity index (χ2n) is 10.2. The molecule has 2 saturated heterocycles. The maximum absolute atomic E-state index is 13.1. The molecule has 1 saturated carbocycles. The Bertz CT molecular complexity index is 662. The van der Waals surface area contributed by atoms with Gasteiger partial charge in [-0.2, -0.15) is 0 Å². The highest BCUT2D eigenvalue weighted by atomic mass is 16.7. The maximum atomic E-state index is 13.1. The molecular formula is C21H32O7. The van der Waals surface area contributed by atoms with Crippen LogP contribution in [-0.2, 0) is 33.3 Å². The molecule has 28 heavy (non-hydrogen) atoms. The SMILES string of the molecule is CCCCOC1C(=O)OC2C(OC(=O)C3(CC(C)(C)C)CC3(C)C)C(=O)OC12. The molecule has 2 heterocycles. The second kappa shape index (κ2) is 7.01. The van der Waals surface area contributed by atoms with Crippen molar-refractivity contribution in [1.29, 1.82) is 0 Å². The van der Waals surface area contributed by atoms with E-state index in [1.807, 2.05) is 20.8 Å². The molecule has 3 aliphatic rings. The van der Waals surface area contributed by atoms with Gasteiger partial charge in [-0.15, -0.1) is 0 Å². The number of esters is 3. The Morgan fingerprint density at radius 1 is 1.11 bits per heavy atom. The van der Waals surface area contributed by atoms with Gasteiger partial charge >= 0.3 is 17.9 Å². The molecule has 7 nitrogen and oxygen atoms in total. The number of ether oxygens (including phenoxy) is 4. The third kappa shape index (κ3) is 3.65. The summed E-state index contributed by atoms with van der Waals surface area (Å²) < 4.78 is 21.8. The van der Waals surface area contributed by atoms with Crippen molar-refractivity contribution in [3.63, 3.8) is 0 Å². The van der Waals surface area contributed by atoms with Crippen LogP contribution in [0.4, 0.5) is 0 Å². The van der Waals surface area contributed by atoms with Crippen LogP contribution >= 0.6 is 0 Å². The summed E-state index contributed by atoms with van der Waals surface area (Å²) in [6.45, 7) is 12.7. The van der Waals surface area contributed by atoms with Crippen LogP contribution < -0.4 is 0 Å². The second-order valence-corrected chi connectivity index (χ2v) is 10.2. The monoisotopic (exact) mass is 396 g/mol. The molecule has 5 atom stereocenters. The molecule has 1 aliphatic carbocycles. The topological polar surface area (TPSA) is 88.1 Å². The largest absolute Gasteiger partial charge is 0.452 e. The van der Waals surface area contributed by atoms with Crippen molar-refractivity contribution in [2.75, 3.05) is 6.61 Å². The minimum absolute atomic E-state index is 0.0659. The minimum Gasteiger partial charge on any atom is -0.452 e. The number of hydrogen-bond donors (Lipinski definition) is 0. The van der Waals surface area contributed by atoms with E-state index in [-0.39, 0.29) is 10.8 Å². The summed E-state index contributed by atoms with van der Waals surface area (Å²) in [5.41, 5.74) is -0.899. The first-order valence-corrected chi connectivity index (χ1v) is 10.2. The van der Waals surface area contributed by atoms with Crippen LogP contribution in [0.25, 0.3) is 0 Å². The van der Waals surface area contributed by atoms with E-state index < -0.39 is 47.7 Å². The molecule has 5 unspecified atom stereocenters. The number of carbonyl (C=O) groups is 3. The zero-order valence-electron chi connectivity index (χ0n) is 17.7. The fourth-order valence-corrected chi connectivity index (χ4v) is 4.47. The number of rotatable bonds is 7. The summed E-state index contributed by atoms with van der Waals surface area (Å²) in [7, 11) is 0. The van der Waals surface area contributed by atoms with E-state index in [1.165, 1.54) is 0 Å². The van der Waals surface area contributed by atoms with Crippen molar-refractivity contribution in [3.05, 3.63) is 0 Å². The van der Waals surface area contributed by atoms with Crippen molar-refractivity contribution in [1.82, 2.24) is 0 Å². The molecule has 0 bridgehead atoms.